The van der Waals surface area contributed by atoms with Crippen molar-refractivity contribution in [3.8, 4) is 28.4 Å². The molecular formula is C37H36FNO6. The molecule has 0 atom stereocenters. The van der Waals surface area contributed by atoms with E-state index in [2.05, 4.69) is 32.2 Å². The molecule has 1 N–H and O–H groups in total. The summed E-state index contributed by atoms with van der Waals surface area (Å²) in [5.74, 6) is 0.0432. The van der Waals surface area contributed by atoms with Gasteiger partial charge in [-0.25, -0.2) is 9.18 Å². The predicted octanol–water partition coefficient (Wildman–Crippen LogP) is 7.93. The molecular weight excluding hydrogens is 573 g/mol. The summed E-state index contributed by atoms with van der Waals surface area (Å²) in [5.41, 5.74) is 7.34. The average Bonchev–Trinajstić information content (AvgIpc) is 3.00. The van der Waals surface area contributed by atoms with E-state index in [0.717, 1.165) is 39.1 Å². The number of carbonyl (C=O) groups is 2. The van der Waals surface area contributed by atoms with Gasteiger partial charge in [0, 0.05) is 34.5 Å². The number of nitrogens with one attached hydrogen (secondary N) is 1. The lowest BCUT2D eigenvalue weighted by molar-refractivity contribution is -0.133. The Bertz CT molecular complexity index is 1790. The molecule has 4 aromatic rings. The molecule has 0 aromatic heterocycles. The lowest BCUT2D eigenvalue weighted by Gasteiger charge is -2.33. The van der Waals surface area contributed by atoms with Crippen LogP contribution >= 0.6 is 0 Å². The fourth-order valence-electron chi connectivity index (χ4n) is 5.65. The van der Waals surface area contributed by atoms with Crippen molar-refractivity contribution in [3.63, 3.8) is 0 Å². The number of benzene rings is 4. The molecule has 45 heavy (non-hydrogen) atoms. The number of rotatable bonds is 9. The minimum atomic E-state index is -0.460. The topological polar surface area (TPSA) is 83.1 Å². The summed E-state index contributed by atoms with van der Waals surface area (Å²) in [6.45, 7) is 8.36. The fraction of sp³-hybridized carbons (Fsp3) is 0.243. The van der Waals surface area contributed by atoms with Gasteiger partial charge < -0.3 is 24.3 Å². The molecule has 0 radical (unpaired) electrons. The van der Waals surface area contributed by atoms with E-state index < -0.39 is 11.9 Å². The molecule has 4 aromatic carbocycles. The summed E-state index contributed by atoms with van der Waals surface area (Å²) < 4.78 is 36.5. The highest BCUT2D eigenvalue weighted by Gasteiger charge is 2.27. The first kappa shape index (κ1) is 31.3. The first-order valence-corrected chi connectivity index (χ1v) is 14.6. The van der Waals surface area contributed by atoms with Gasteiger partial charge in [-0.15, -0.1) is 0 Å². The molecule has 232 valence electrons. The van der Waals surface area contributed by atoms with Crippen LogP contribution in [-0.2, 0) is 22.6 Å². The summed E-state index contributed by atoms with van der Waals surface area (Å²) in [4.78, 5) is 24.5. The van der Waals surface area contributed by atoms with Gasteiger partial charge in [0.05, 0.1) is 31.7 Å². The highest BCUT2D eigenvalue weighted by molar-refractivity contribution is 5.90. The molecule has 7 nitrogen and oxygen atoms in total. The third kappa shape index (κ3) is 7.01. The van der Waals surface area contributed by atoms with Crippen LogP contribution in [0.15, 0.2) is 78.9 Å². The zero-order valence-corrected chi connectivity index (χ0v) is 26.2. The summed E-state index contributed by atoms with van der Waals surface area (Å²) in [5, 5.41) is 3.59. The number of esters is 2. The Labute approximate surface area is 262 Å². The Hall–Kier alpha value is -5.11. The second-order valence-corrected chi connectivity index (χ2v) is 11.6. The lowest BCUT2D eigenvalue weighted by Crippen LogP contribution is -2.32. The molecule has 1 aliphatic heterocycles. The van der Waals surface area contributed by atoms with E-state index in [1.54, 1.807) is 49.6 Å². The summed E-state index contributed by atoms with van der Waals surface area (Å²) in [7, 11) is 2.88. The minimum absolute atomic E-state index is 0.0201. The zero-order valence-electron chi connectivity index (χ0n) is 26.2. The van der Waals surface area contributed by atoms with Crippen LogP contribution in [0.5, 0.6) is 17.2 Å². The van der Waals surface area contributed by atoms with Crippen LogP contribution in [0.4, 0.5) is 10.1 Å². The van der Waals surface area contributed by atoms with Gasteiger partial charge in [0.1, 0.15) is 29.7 Å². The predicted molar refractivity (Wildman–Crippen MR) is 172 cm³/mol. The van der Waals surface area contributed by atoms with Gasteiger partial charge in [-0.2, -0.15) is 0 Å². The Kier molecular flexibility index (Phi) is 8.95. The molecule has 0 saturated heterocycles. The van der Waals surface area contributed by atoms with E-state index in [-0.39, 0.29) is 24.4 Å². The van der Waals surface area contributed by atoms with Crippen molar-refractivity contribution in [1.82, 2.24) is 0 Å². The normalized spacial score (nSPS) is 13.2. The lowest BCUT2D eigenvalue weighted by atomic mass is 9.85. The fourth-order valence-corrected chi connectivity index (χ4v) is 5.65. The molecule has 0 fully saturated rings. The molecule has 5 rings (SSSR count). The number of anilines is 1. The van der Waals surface area contributed by atoms with Gasteiger partial charge in [-0.1, -0.05) is 30.3 Å². The van der Waals surface area contributed by atoms with Crippen molar-refractivity contribution in [3.05, 3.63) is 113 Å². The average molecular weight is 610 g/mol. The van der Waals surface area contributed by atoms with Crippen LogP contribution in [0, 0.1) is 12.7 Å². The van der Waals surface area contributed by atoms with Crippen LogP contribution < -0.4 is 19.5 Å². The van der Waals surface area contributed by atoms with E-state index >= 15 is 0 Å². The van der Waals surface area contributed by atoms with Crippen molar-refractivity contribution >= 4 is 23.2 Å². The monoisotopic (exact) mass is 609 g/mol. The van der Waals surface area contributed by atoms with Crippen LogP contribution in [0.3, 0.4) is 0 Å². The van der Waals surface area contributed by atoms with E-state index in [0.29, 0.717) is 28.4 Å². The van der Waals surface area contributed by atoms with Crippen molar-refractivity contribution in [2.75, 3.05) is 19.5 Å². The number of aryl methyl sites for hydroxylation is 1. The van der Waals surface area contributed by atoms with Crippen molar-refractivity contribution in [2.45, 2.75) is 46.3 Å². The number of fused-ring (bicyclic) bond motifs is 1. The smallest absolute Gasteiger partial charge is 0.337 e. The van der Waals surface area contributed by atoms with Crippen molar-refractivity contribution in [1.29, 1.82) is 0 Å². The van der Waals surface area contributed by atoms with Gasteiger partial charge >= 0.3 is 11.9 Å². The second-order valence-electron chi connectivity index (χ2n) is 11.6. The Morgan fingerprint density at radius 3 is 2.31 bits per heavy atom. The molecule has 0 unspecified atom stereocenters. The molecule has 1 aliphatic rings. The van der Waals surface area contributed by atoms with Crippen LogP contribution in [0.1, 0.15) is 53.4 Å². The van der Waals surface area contributed by atoms with E-state index in [9.17, 15) is 14.0 Å². The number of allylic oxidation sites excluding steroid dienone is 1. The Morgan fingerprint density at radius 2 is 1.60 bits per heavy atom. The van der Waals surface area contributed by atoms with Crippen LogP contribution in [0.25, 0.3) is 16.7 Å². The molecule has 0 bridgehead atoms. The number of hydrogen-bond donors (Lipinski definition) is 1. The highest BCUT2D eigenvalue weighted by atomic mass is 19.1. The Morgan fingerprint density at radius 1 is 0.867 bits per heavy atom. The maximum atomic E-state index is 14.1. The maximum absolute atomic E-state index is 14.1. The minimum Gasteiger partial charge on any atom is -0.496 e. The highest BCUT2D eigenvalue weighted by Crippen LogP contribution is 2.43. The number of ether oxygens (including phenoxy) is 4. The third-order valence-electron chi connectivity index (χ3n) is 7.68. The third-order valence-corrected chi connectivity index (χ3v) is 7.68. The number of halogens is 1. The van der Waals surface area contributed by atoms with Crippen molar-refractivity contribution < 1.29 is 32.9 Å². The quantitative estimate of drug-likeness (QED) is 0.152. The van der Waals surface area contributed by atoms with Gasteiger partial charge in [0.15, 0.2) is 0 Å². The number of methoxy groups -OCH3 is 2. The maximum Gasteiger partial charge on any atom is 0.337 e. The van der Waals surface area contributed by atoms with Gasteiger partial charge in [0.25, 0.3) is 0 Å². The van der Waals surface area contributed by atoms with E-state index in [1.165, 1.54) is 19.2 Å². The second kappa shape index (κ2) is 12.9. The van der Waals surface area contributed by atoms with Crippen LogP contribution in [-0.4, -0.2) is 31.7 Å². The molecule has 0 amide bonds. The SMILES string of the molecule is COC(=O)c1ccc(CC(=O)Oc2ccc(-c3ccc4c(c3COc3cc(F)ccc3C)C(C)=CC(C)(C)N4)c(OC)c2)cc1. The number of hydrogen-bond acceptors (Lipinski definition) is 7. The molecule has 0 saturated carbocycles. The van der Waals surface area contributed by atoms with Gasteiger partial charge in [-0.3, -0.25) is 4.79 Å². The van der Waals surface area contributed by atoms with Crippen molar-refractivity contribution in [2.24, 2.45) is 0 Å². The molecule has 1 heterocycles. The standard InChI is InChI=1S/C37H36FNO6/c1-22-7-12-26(38)18-32(22)44-21-30-28(15-16-31-35(30)23(2)20-37(3,4)39-31)29-14-13-27(19-33(29)42-5)45-34(40)17-24-8-10-25(11-9-24)36(41)43-6/h7-16,18-20,39H,17,21H2,1-6H3. The van der Waals surface area contributed by atoms with Crippen LogP contribution in [0.2, 0.25) is 0 Å². The summed E-state index contributed by atoms with van der Waals surface area (Å²) in [6, 6.07) is 20.4. The first-order valence-electron chi connectivity index (χ1n) is 14.6. The first-order chi connectivity index (χ1) is 21.5. The van der Waals surface area contributed by atoms with E-state index in [1.807, 2.05) is 25.1 Å². The molecule has 0 aliphatic carbocycles. The molecule has 0 spiro atoms. The number of carbonyl (C=O) groups excluding carboxylic acids is 2. The molecule has 8 heteroatoms. The zero-order chi connectivity index (χ0) is 32.3. The van der Waals surface area contributed by atoms with Gasteiger partial charge in [0.2, 0.25) is 0 Å². The van der Waals surface area contributed by atoms with Gasteiger partial charge in [-0.05, 0) is 86.4 Å². The Balaban J connectivity index is 1.45. The largest absolute Gasteiger partial charge is 0.496 e. The van der Waals surface area contributed by atoms with E-state index in [4.69, 9.17) is 18.9 Å². The summed E-state index contributed by atoms with van der Waals surface area (Å²) >= 11 is 0. The summed E-state index contributed by atoms with van der Waals surface area (Å²) in [6.07, 6.45) is 2.20.